The number of hydrogen-bond acceptors (Lipinski definition) is 7. The van der Waals surface area contributed by atoms with Crippen molar-refractivity contribution in [2.75, 3.05) is 13.7 Å². The van der Waals surface area contributed by atoms with Crippen molar-refractivity contribution in [3.05, 3.63) is 113 Å². The number of ether oxygens (including phenoxy) is 1. The quantitative estimate of drug-likeness (QED) is 0.120. The zero-order valence-corrected chi connectivity index (χ0v) is 24.3. The minimum Gasteiger partial charge on any atom is -0.497 e. The molecule has 9 nitrogen and oxygen atoms in total. The van der Waals surface area contributed by atoms with Crippen LogP contribution in [0.1, 0.15) is 52.7 Å². The number of nitrogens with zero attached hydrogens (tertiary/aromatic N) is 1. The Labute approximate surface area is 257 Å². The average Bonchev–Trinajstić information content (AvgIpc) is 3.35. The van der Waals surface area contributed by atoms with Gasteiger partial charge < -0.3 is 30.2 Å². The van der Waals surface area contributed by atoms with Crippen molar-refractivity contribution in [1.29, 1.82) is 0 Å². The molecule has 1 heterocycles. The zero-order valence-electron chi connectivity index (χ0n) is 24.3. The summed E-state index contributed by atoms with van der Waals surface area (Å²) in [7, 11) is 1.54. The van der Waals surface area contributed by atoms with Gasteiger partial charge in [-0.25, -0.2) is 4.79 Å². The van der Waals surface area contributed by atoms with Crippen LogP contribution in [0.2, 0.25) is 0 Å². The largest absolute Gasteiger partial charge is 0.497 e. The predicted molar refractivity (Wildman–Crippen MR) is 158 cm³/mol. The molecule has 2 atom stereocenters. The highest BCUT2D eigenvalue weighted by Crippen LogP contribution is 2.44. The molecule has 2 unspecified atom stereocenters. The first kappa shape index (κ1) is 32.9. The number of carbonyl (C=O) groups is 2. The maximum Gasteiger partial charge on any atom is 0.471 e. The fourth-order valence-corrected chi connectivity index (χ4v) is 5.29. The number of unbranched alkanes of at least 4 members (excludes halogenated alkanes) is 2. The van der Waals surface area contributed by atoms with Gasteiger partial charge in [-0.2, -0.15) is 13.2 Å². The van der Waals surface area contributed by atoms with Gasteiger partial charge in [-0.05, 0) is 53.8 Å². The first-order chi connectivity index (χ1) is 21.5. The van der Waals surface area contributed by atoms with E-state index in [2.05, 4.69) is 0 Å². The van der Waals surface area contributed by atoms with Crippen LogP contribution in [0.3, 0.4) is 0 Å². The number of rotatable bonds is 13. The summed E-state index contributed by atoms with van der Waals surface area (Å²) < 4.78 is 43.4. The minimum atomic E-state index is -4.94. The van der Waals surface area contributed by atoms with Gasteiger partial charge in [0.05, 0.1) is 24.2 Å². The van der Waals surface area contributed by atoms with Gasteiger partial charge in [0.1, 0.15) is 5.75 Å². The van der Waals surface area contributed by atoms with Gasteiger partial charge >= 0.3 is 18.1 Å². The Kier molecular flexibility index (Phi) is 10.4. The van der Waals surface area contributed by atoms with Crippen molar-refractivity contribution in [2.45, 2.75) is 43.4 Å². The third-order valence-electron chi connectivity index (χ3n) is 7.52. The van der Waals surface area contributed by atoms with E-state index in [4.69, 9.17) is 9.57 Å². The van der Waals surface area contributed by atoms with E-state index in [0.717, 1.165) is 23.3 Å². The van der Waals surface area contributed by atoms with Gasteiger partial charge in [0.15, 0.2) is 0 Å². The molecule has 0 spiro atoms. The van der Waals surface area contributed by atoms with Crippen molar-refractivity contribution >= 4 is 11.9 Å². The fraction of sp³-hybridized carbons (Fsp3) is 0.273. The van der Waals surface area contributed by atoms with E-state index in [1.54, 1.807) is 24.3 Å². The summed E-state index contributed by atoms with van der Waals surface area (Å²) in [6, 6.07) is 25.2. The molecule has 0 saturated carbocycles. The van der Waals surface area contributed by atoms with Crippen molar-refractivity contribution in [3.8, 4) is 17.5 Å². The van der Waals surface area contributed by atoms with Gasteiger partial charge in [0.25, 0.3) is 0 Å². The Bertz CT molecular complexity index is 1550. The lowest BCUT2D eigenvalue weighted by molar-refractivity contribution is -0.173. The Morgan fingerprint density at radius 2 is 1.36 bits per heavy atom. The lowest BCUT2D eigenvalue weighted by Crippen LogP contribution is -2.42. The lowest BCUT2D eigenvalue weighted by Gasteiger charge is -2.40. The molecule has 0 fully saturated rings. The molecular weight excluding hydrogens is 593 g/mol. The number of aromatic hydroxyl groups is 2. The maximum atomic E-state index is 12.8. The van der Waals surface area contributed by atoms with E-state index in [-0.39, 0.29) is 18.5 Å². The number of carbonyl (C=O) groups excluding carboxylic acids is 2. The van der Waals surface area contributed by atoms with Gasteiger partial charge in [-0.15, -0.1) is 4.73 Å². The smallest absolute Gasteiger partial charge is 0.471 e. The number of aliphatic hydroxyl groups is 1. The van der Waals surface area contributed by atoms with Crippen molar-refractivity contribution in [1.82, 2.24) is 10.0 Å². The molecule has 4 N–H and O–H groups in total. The van der Waals surface area contributed by atoms with Gasteiger partial charge in [0, 0.05) is 18.7 Å². The normalized spacial score (nSPS) is 13.4. The molecule has 0 aliphatic heterocycles. The third-order valence-corrected chi connectivity index (χ3v) is 7.52. The van der Waals surface area contributed by atoms with E-state index in [1.165, 1.54) is 19.2 Å². The Morgan fingerprint density at radius 1 is 0.800 bits per heavy atom. The summed E-state index contributed by atoms with van der Waals surface area (Å²) in [6.45, 7) is -0.146. The van der Waals surface area contributed by atoms with Crippen molar-refractivity contribution in [2.24, 2.45) is 0 Å². The van der Waals surface area contributed by atoms with Crippen molar-refractivity contribution < 1.29 is 47.7 Å². The number of alkyl halides is 3. The SMILES string of the molecule is COc1ccc(C(c2ccccc2)(c2ccc(C(=O)On3c(O)ccc3O)cc2)C(O)CCCCCNC(=O)C(F)(F)F)cc1. The van der Waals surface area contributed by atoms with Crippen molar-refractivity contribution in [3.63, 3.8) is 0 Å². The van der Waals surface area contributed by atoms with Crippen LogP contribution < -0.4 is 14.9 Å². The van der Waals surface area contributed by atoms with Crippen LogP contribution in [-0.2, 0) is 10.2 Å². The molecule has 45 heavy (non-hydrogen) atoms. The maximum absolute atomic E-state index is 12.8. The number of halogens is 3. The second kappa shape index (κ2) is 14.2. The first-order valence-corrected chi connectivity index (χ1v) is 14.1. The predicted octanol–water partition coefficient (Wildman–Crippen LogP) is 5.11. The van der Waals surface area contributed by atoms with E-state index in [1.807, 2.05) is 47.8 Å². The van der Waals surface area contributed by atoms with Crippen LogP contribution >= 0.6 is 0 Å². The first-order valence-electron chi connectivity index (χ1n) is 14.1. The van der Waals surface area contributed by atoms with Crippen LogP contribution in [0, 0.1) is 0 Å². The minimum absolute atomic E-state index is 0.110. The topological polar surface area (TPSA) is 130 Å². The van der Waals surface area contributed by atoms with Crippen LogP contribution in [0.4, 0.5) is 13.2 Å². The van der Waals surface area contributed by atoms with Crippen LogP contribution in [0.25, 0.3) is 0 Å². The van der Waals surface area contributed by atoms with Crippen LogP contribution in [0.5, 0.6) is 17.5 Å². The monoisotopic (exact) mass is 626 g/mol. The molecule has 4 rings (SSSR count). The summed E-state index contributed by atoms with van der Waals surface area (Å²) in [6.07, 6.45) is -4.54. The summed E-state index contributed by atoms with van der Waals surface area (Å²) in [5.41, 5.74) is 1.05. The second-order valence-electron chi connectivity index (χ2n) is 10.3. The number of benzene rings is 3. The fourth-order valence-electron chi connectivity index (χ4n) is 5.29. The number of nitrogens with one attached hydrogen (secondary N) is 1. The lowest BCUT2D eigenvalue weighted by atomic mass is 9.64. The molecule has 0 aliphatic rings. The van der Waals surface area contributed by atoms with Gasteiger partial charge in [-0.1, -0.05) is 67.4 Å². The molecule has 0 saturated heterocycles. The number of aliphatic hydroxyl groups excluding tert-OH is 1. The number of aromatic nitrogens is 1. The molecule has 4 aromatic rings. The molecule has 238 valence electrons. The highest BCUT2D eigenvalue weighted by molar-refractivity contribution is 5.89. The molecular formula is C33H33F3N2O7. The zero-order chi connectivity index (χ0) is 32.6. The number of methoxy groups -OCH3 is 1. The Hall–Kier alpha value is -4.97. The van der Waals surface area contributed by atoms with Gasteiger partial charge in [0.2, 0.25) is 11.8 Å². The van der Waals surface area contributed by atoms with E-state index < -0.39 is 41.3 Å². The summed E-state index contributed by atoms with van der Waals surface area (Å²) in [5.74, 6) is -3.17. The molecule has 1 amide bonds. The summed E-state index contributed by atoms with van der Waals surface area (Å²) in [5, 5.41) is 33.5. The second-order valence-corrected chi connectivity index (χ2v) is 10.3. The van der Waals surface area contributed by atoms with E-state index in [9.17, 15) is 38.1 Å². The molecule has 12 heteroatoms. The molecule has 0 radical (unpaired) electrons. The standard InChI is InChI=1S/C33H33F3N2O7/c1-44-26-17-15-25(16-18-26)32(23-8-4-2-5-9-23,27(39)10-6-3-7-21-37-31(43)33(34,35)36)24-13-11-22(12-14-24)30(42)45-38-28(40)19-20-29(38)41/h2,4-5,8-9,11-20,27,39-41H,3,6-7,10,21H2,1H3,(H,37,43). The highest BCUT2D eigenvalue weighted by atomic mass is 19.4. The molecule has 1 aromatic heterocycles. The molecule has 0 bridgehead atoms. The van der Waals surface area contributed by atoms with Crippen LogP contribution in [0.15, 0.2) is 91.0 Å². The highest BCUT2D eigenvalue weighted by Gasteiger charge is 2.43. The Morgan fingerprint density at radius 3 is 1.91 bits per heavy atom. The molecule has 3 aromatic carbocycles. The van der Waals surface area contributed by atoms with Gasteiger partial charge in [-0.3, -0.25) is 4.79 Å². The van der Waals surface area contributed by atoms with E-state index >= 15 is 0 Å². The third kappa shape index (κ3) is 7.40. The summed E-state index contributed by atoms with van der Waals surface area (Å²) in [4.78, 5) is 29.0. The summed E-state index contributed by atoms with van der Waals surface area (Å²) >= 11 is 0. The average molecular weight is 627 g/mol. The van der Waals surface area contributed by atoms with E-state index in [0.29, 0.717) is 35.3 Å². The number of hydrogen-bond donors (Lipinski definition) is 4. The van der Waals surface area contributed by atoms with Crippen LogP contribution in [-0.4, -0.2) is 57.9 Å². The Balaban J connectivity index is 1.65. The molecule has 0 aliphatic carbocycles. The number of amides is 1.